The Labute approximate surface area is 115 Å². The number of nitrogens with one attached hydrogen (secondary N) is 1. The molecular weight excluding hydrogens is 242 g/mol. The van der Waals surface area contributed by atoms with Gasteiger partial charge in [0.25, 0.3) is 0 Å². The molecule has 1 aromatic carbocycles. The van der Waals surface area contributed by atoms with Crippen LogP contribution < -0.4 is 5.32 Å². The van der Waals surface area contributed by atoms with Crippen LogP contribution in [-0.4, -0.2) is 30.0 Å². The van der Waals surface area contributed by atoms with Crippen molar-refractivity contribution in [2.75, 3.05) is 19.8 Å². The van der Waals surface area contributed by atoms with Crippen LogP contribution in [0.15, 0.2) is 18.2 Å². The van der Waals surface area contributed by atoms with E-state index in [9.17, 15) is 10.2 Å². The van der Waals surface area contributed by atoms with Crippen LogP contribution in [0.4, 0.5) is 0 Å². The molecule has 4 heteroatoms. The Morgan fingerprint density at radius 3 is 2.37 bits per heavy atom. The summed E-state index contributed by atoms with van der Waals surface area (Å²) in [6, 6.07) is 4.75. The SMILES string of the molecule is CCCCOCCCNC(C)c1cc(O)cc(O)c1. The van der Waals surface area contributed by atoms with Gasteiger partial charge in [-0.05, 0) is 44.0 Å². The molecule has 0 aliphatic heterocycles. The van der Waals surface area contributed by atoms with Crippen LogP contribution in [0.2, 0.25) is 0 Å². The summed E-state index contributed by atoms with van der Waals surface area (Å²) >= 11 is 0. The van der Waals surface area contributed by atoms with Gasteiger partial charge in [0.1, 0.15) is 11.5 Å². The summed E-state index contributed by atoms with van der Waals surface area (Å²) in [5.74, 6) is 0.179. The first-order valence-electron chi connectivity index (χ1n) is 6.97. The van der Waals surface area contributed by atoms with Crippen molar-refractivity contribution in [3.8, 4) is 11.5 Å². The van der Waals surface area contributed by atoms with Crippen LogP contribution in [-0.2, 0) is 4.74 Å². The number of benzene rings is 1. The summed E-state index contributed by atoms with van der Waals surface area (Å²) in [5, 5.41) is 22.2. The summed E-state index contributed by atoms with van der Waals surface area (Å²) in [5.41, 5.74) is 0.879. The number of phenols is 2. The van der Waals surface area contributed by atoms with Crippen LogP contribution in [0.3, 0.4) is 0 Å². The molecule has 1 aromatic rings. The fourth-order valence-electron chi connectivity index (χ4n) is 1.83. The van der Waals surface area contributed by atoms with Crippen LogP contribution in [0, 0.1) is 0 Å². The lowest BCUT2D eigenvalue weighted by atomic mass is 10.1. The van der Waals surface area contributed by atoms with E-state index in [0.717, 1.165) is 44.6 Å². The fourth-order valence-corrected chi connectivity index (χ4v) is 1.83. The fraction of sp³-hybridized carbons (Fsp3) is 0.600. The van der Waals surface area contributed by atoms with Crippen molar-refractivity contribution in [1.82, 2.24) is 5.32 Å². The van der Waals surface area contributed by atoms with E-state index >= 15 is 0 Å². The second kappa shape index (κ2) is 8.77. The highest BCUT2D eigenvalue weighted by molar-refractivity contribution is 5.37. The first-order valence-corrected chi connectivity index (χ1v) is 6.97. The molecule has 3 N–H and O–H groups in total. The van der Waals surface area contributed by atoms with Gasteiger partial charge in [0.2, 0.25) is 0 Å². The van der Waals surface area contributed by atoms with E-state index in [0.29, 0.717) is 0 Å². The molecule has 0 saturated heterocycles. The number of phenolic OH excluding ortho intramolecular Hbond substituents is 2. The average Bonchev–Trinajstić information content (AvgIpc) is 2.36. The second-order valence-corrected chi connectivity index (χ2v) is 4.78. The van der Waals surface area contributed by atoms with Gasteiger partial charge in [0.05, 0.1) is 0 Å². The molecule has 0 aliphatic rings. The van der Waals surface area contributed by atoms with Crippen molar-refractivity contribution in [2.45, 2.75) is 39.2 Å². The Balaban J connectivity index is 2.22. The lowest BCUT2D eigenvalue weighted by Crippen LogP contribution is -2.21. The van der Waals surface area contributed by atoms with Gasteiger partial charge in [0, 0.05) is 25.3 Å². The topological polar surface area (TPSA) is 61.7 Å². The number of ether oxygens (including phenoxy) is 1. The molecule has 0 radical (unpaired) electrons. The van der Waals surface area contributed by atoms with Crippen LogP contribution in [0.5, 0.6) is 11.5 Å². The molecule has 0 aliphatic carbocycles. The molecule has 108 valence electrons. The molecular formula is C15H25NO3. The molecule has 1 unspecified atom stereocenters. The standard InChI is InChI=1S/C15H25NO3/c1-3-4-7-19-8-5-6-16-12(2)13-9-14(17)11-15(18)10-13/h9-12,16-18H,3-8H2,1-2H3. The van der Waals surface area contributed by atoms with Crippen molar-refractivity contribution in [3.63, 3.8) is 0 Å². The number of rotatable bonds is 9. The monoisotopic (exact) mass is 267 g/mol. The lowest BCUT2D eigenvalue weighted by Gasteiger charge is -2.15. The molecule has 0 heterocycles. The zero-order chi connectivity index (χ0) is 14.1. The van der Waals surface area contributed by atoms with E-state index in [1.54, 1.807) is 12.1 Å². The third-order valence-corrected chi connectivity index (χ3v) is 2.98. The number of unbranched alkanes of at least 4 members (excludes halogenated alkanes) is 1. The van der Waals surface area contributed by atoms with E-state index in [2.05, 4.69) is 12.2 Å². The highest BCUT2D eigenvalue weighted by atomic mass is 16.5. The van der Waals surface area contributed by atoms with Crippen LogP contribution in [0.25, 0.3) is 0 Å². The zero-order valence-electron chi connectivity index (χ0n) is 11.9. The molecule has 1 atom stereocenters. The van der Waals surface area contributed by atoms with E-state index in [1.807, 2.05) is 6.92 Å². The summed E-state index contributed by atoms with van der Waals surface area (Å²) in [7, 11) is 0. The maximum absolute atomic E-state index is 9.43. The Kier molecular flexibility index (Phi) is 7.30. The van der Waals surface area contributed by atoms with Crippen LogP contribution in [0.1, 0.15) is 44.7 Å². The van der Waals surface area contributed by atoms with Gasteiger partial charge in [-0.15, -0.1) is 0 Å². The quantitative estimate of drug-likeness (QED) is 0.602. The van der Waals surface area contributed by atoms with Gasteiger partial charge in [-0.25, -0.2) is 0 Å². The Hall–Kier alpha value is -1.26. The Morgan fingerprint density at radius 2 is 1.74 bits per heavy atom. The predicted molar refractivity (Wildman–Crippen MR) is 76.5 cm³/mol. The first-order chi connectivity index (χ1) is 9.13. The highest BCUT2D eigenvalue weighted by Crippen LogP contribution is 2.24. The summed E-state index contributed by atoms with van der Waals surface area (Å²) < 4.78 is 5.48. The van der Waals surface area contributed by atoms with Gasteiger partial charge >= 0.3 is 0 Å². The van der Waals surface area contributed by atoms with E-state index in [-0.39, 0.29) is 17.5 Å². The first kappa shape index (κ1) is 15.8. The van der Waals surface area contributed by atoms with Gasteiger partial charge in [0.15, 0.2) is 0 Å². The van der Waals surface area contributed by atoms with Gasteiger partial charge in [-0.2, -0.15) is 0 Å². The number of hydrogen-bond acceptors (Lipinski definition) is 4. The third kappa shape index (κ3) is 6.45. The largest absolute Gasteiger partial charge is 0.508 e. The number of aromatic hydroxyl groups is 2. The maximum Gasteiger partial charge on any atom is 0.119 e. The third-order valence-electron chi connectivity index (χ3n) is 2.98. The maximum atomic E-state index is 9.43. The zero-order valence-corrected chi connectivity index (χ0v) is 11.9. The van der Waals surface area contributed by atoms with Crippen molar-refractivity contribution in [3.05, 3.63) is 23.8 Å². The molecule has 4 nitrogen and oxygen atoms in total. The Bertz CT molecular complexity index is 348. The second-order valence-electron chi connectivity index (χ2n) is 4.78. The van der Waals surface area contributed by atoms with Crippen molar-refractivity contribution in [1.29, 1.82) is 0 Å². The average molecular weight is 267 g/mol. The molecule has 1 rings (SSSR count). The normalized spacial score (nSPS) is 12.5. The van der Waals surface area contributed by atoms with Crippen molar-refractivity contribution in [2.24, 2.45) is 0 Å². The molecule has 0 aromatic heterocycles. The minimum absolute atomic E-state index is 0.0894. The van der Waals surface area contributed by atoms with E-state index in [4.69, 9.17) is 4.74 Å². The van der Waals surface area contributed by atoms with E-state index in [1.165, 1.54) is 6.07 Å². The van der Waals surface area contributed by atoms with Gasteiger partial charge < -0.3 is 20.3 Å². The summed E-state index contributed by atoms with van der Waals surface area (Å²) in [6.07, 6.45) is 3.24. The molecule has 0 fully saturated rings. The van der Waals surface area contributed by atoms with Crippen molar-refractivity contribution < 1.29 is 14.9 Å². The molecule has 0 spiro atoms. The van der Waals surface area contributed by atoms with Gasteiger partial charge in [-0.1, -0.05) is 13.3 Å². The molecule has 19 heavy (non-hydrogen) atoms. The Morgan fingerprint density at radius 1 is 1.11 bits per heavy atom. The van der Waals surface area contributed by atoms with Crippen LogP contribution >= 0.6 is 0 Å². The highest BCUT2D eigenvalue weighted by Gasteiger charge is 2.07. The van der Waals surface area contributed by atoms with Crippen molar-refractivity contribution >= 4 is 0 Å². The minimum atomic E-state index is 0.0894. The summed E-state index contributed by atoms with van der Waals surface area (Å²) in [6.45, 7) is 6.62. The predicted octanol–water partition coefficient (Wildman–Crippen LogP) is 2.96. The summed E-state index contributed by atoms with van der Waals surface area (Å²) in [4.78, 5) is 0. The number of hydrogen-bond donors (Lipinski definition) is 3. The smallest absolute Gasteiger partial charge is 0.119 e. The lowest BCUT2D eigenvalue weighted by molar-refractivity contribution is 0.128. The van der Waals surface area contributed by atoms with E-state index < -0.39 is 0 Å². The van der Waals surface area contributed by atoms with Gasteiger partial charge in [-0.3, -0.25) is 0 Å². The molecule has 0 saturated carbocycles. The minimum Gasteiger partial charge on any atom is -0.508 e. The molecule has 0 amide bonds. The molecule has 0 bridgehead atoms.